The molecular formula is C11H14BrN3S. The number of nitrogens with zero attached hydrogens (tertiary/aromatic N) is 2. The lowest BCUT2D eigenvalue weighted by Gasteiger charge is -2.10. The molecule has 0 aliphatic carbocycles. The number of aromatic nitrogens is 2. The molecule has 2 heterocycles. The molecule has 0 radical (unpaired) electrons. The van der Waals surface area contributed by atoms with Crippen LogP contribution in [0.25, 0.3) is 0 Å². The van der Waals surface area contributed by atoms with E-state index in [0.717, 1.165) is 23.1 Å². The molecule has 0 fully saturated rings. The highest BCUT2D eigenvalue weighted by Gasteiger charge is 2.12. The molecule has 5 heteroatoms. The van der Waals surface area contributed by atoms with Crippen LogP contribution >= 0.6 is 27.3 Å². The van der Waals surface area contributed by atoms with Crippen LogP contribution < -0.4 is 5.73 Å². The van der Waals surface area contributed by atoms with E-state index in [4.69, 9.17) is 5.73 Å². The van der Waals surface area contributed by atoms with Crippen molar-refractivity contribution in [2.45, 2.75) is 18.9 Å². The molecular weight excluding hydrogens is 286 g/mol. The standard InChI is InChI=1S/C11H14BrN3S/c1-15-6-5-14-10(15)3-2-9(13)11-8(12)4-7-16-11/h4-7,9H,2-3,13H2,1H3. The van der Waals surface area contributed by atoms with Gasteiger partial charge in [-0.05, 0) is 33.8 Å². The van der Waals surface area contributed by atoms with Crippen molar-refractivity contribution in [3.8, 4) is 0 Å². The van der Waals surface area contributed by atoms with E-state index in [9.17, 15) is 0 Å². The molecule has 2 aromatic heterocycles. The van der Waals surface area contributed by atoms with Gasteiger partial charge in [-0.1, -0.05) is 0 Å². The Kier molecular flexibility index (Phi) is 3.78. The second-order valence-corrected chi connectivity index (χ2v) is 5.53. The molecule has 86 valence electrons. The van der Waals surface area contributed by atoms with Crippen molar-refractivity contribution in [1.29, 1.82) is 0 Å². The van der Waals surface area contributed by atoms with E-state index in [1.807, 2.05) is 30.1 Å². The lowest BCUT2D eigenvalue weighted by molar-refractivity contribution is 0.627. The molecule has 1 atom stereocenters. The molecule has 0 saturated carbocycles. The third kappa shape index (κ3) is 2.53. The highest BCUT2D eigenvalue weighted by Crippen LogP contribution is 2.29. The Morgan fingerprint density at radius 2 is 2.44 bits per heavy atom. The fourth-order valence-electron chi connectivity index (χ4n) is 1.62. The van der Waals surface area contributed by atoms with E-state index in [0.29, 0.717) is 0 Å². The van der Waals surface area contributed by atoms with E-state index < -0.39 is 0 Å². The van der Waals surface area contributed by atoms with Gasteiger partial charge < -0.3 is 10.3 Å². The van der Waals surface area contributed by atoms with Gasteiger partial charge >= 0.3 is 0 Å². The van der Waals surface area contributed by atoms with Crippen LogP contribution in [-0.2, 0) is 13.5 Å². The summed E-state index contributed by atoms with van der Waals surface area (Å²) in [5.41, 5.74) is 6.15. The van der Waals surface area contributed by atoms with Crippen molar-refractivity contribution in [2.75, 3.05) is 0 Å². The largest absolute Gasteiger partial charge is 0.338 e. The molecule has 0 bridgehead atoms. The van der Waals surface area contributed by atoms with Crippen LogP contribution in [0.15, 0.2) is 28.3 Å². The Labute approximate surface area is 107 Å². The van der Waals surface area contributed by atoms with E-state index in [-0.39, 0.29) is 6.04 Å². The molecule has 2 N–H and O–H groups in total. The third-order valence-electron chi connectivity index (χ3n) is 2.58. The normalized spacial score (nSPS) is 12.9. The third-order valence-corrected chi connectivity index (χ3v) is 4.58. The van der Waals surface area contributed by atoms with Crippen LogP contribution in [0.4, 0.5) is 0 Å². The number of hydrogen-bond donors (Lipinski definition) is 1. The number of halogens is 1. The maximum atomic E-state index is 6.15. The molecule has 1 unspecified atom stereocenters. The van der Waals surface area contributed by atoms with Crippen molar-refractivity contribution >= 4 is 27.3 Å². The first-order chi connectivity index (χ1) is 7.68. The van der Waals surface area contributed by atoms with Gasteiger partial charge in [-0.15, -0.1) is 11.3 Å². The predicted molar refractivity (Wildman–Crippen MR) is 70.5 cm³/mol. The summed E-state index contributed by atoms with van der Waals surface area (Å²) in [6.07, 6.45) is 5.61. The molecule has 2 rings (SSSR count). The van der Waals surface area contributed by atoms with Gasteiger partial charge in [0.2, 0.25) is 0 Å². The zero-order valence-electron chi connectivity index (χ0n) is 9.06. The first-order valence-electron chi connectivity index (χ1n) is 5.13. The van der Waals surface area contributed by atoms with Crippen molar-refractivity contribution in [3.05, 3.63) is 39.0 Å². The van der Waals surface area contributed by atoms with Crippen LogP contribution in [0.1, 0.15) is 23.2 Å². The maximum Gasteiger partial charge on any atom is 0.108 e. The summed E-state index contributed by atoms with van der Waals surface area (Å²) in [6.45, 7) is 0. The van der Waals surface area contributed by atoms with Gasteiger partial charge in [0.15, 0.2) is 0 Å². The van der Waals surface area contributed by atoms with Crippen molar-refractivity contribution in [2.24, 2.45) is 12.8 Å². The highest BCUT2D eigenvalue weighted by atomic mass is 79.9. The minimum Gasteiger partial charge on any atom is -0.338 e. The number of rotatable bonds is 4. The SMILES string of the molecule is Cn1ccnc1CCC(N)c1sccc1Br. The summed E-state index contributed by atoms with van der Waals surface area (Å²) < 4.78 is 3.15. The van der Waals surface area contributed by atoms with Crippen molar-refractivity contribution in [1.82, 2.24) is 9.55 Å². The van der Waals surface area contributed by atoms with Crippen LogP contribution in [0.2, 0.25) is 0 Å². The van der Waals surface area contributed by atoms with Gasteiger partial charge in [-0.25, -0.2) is 4.98 Å². The predicted octanol–water partition coefficient (Wildman–Crippen LogP) is 2.88. The molecule has 3 nitrogen and oxygen atoms in total. The smallest absolute Gasteiger partial charge is 0.108 e. The van der Waals surface area contributed by atoms with Gasteiger partial charge in [0.25, 0.3) is 0 Å². The number of imidazole rings is 1. The minimum atomic E-state index is 0.0890. The average molecular weight is 300 g/mol. The van der Waals surface area contributed by atoms with Crippen molar-refractivity contribution < 1.29 is 0 Å². The van der Waals surface area contributed by atoms with Crippen molar-refractivity contribution in [3.63, 3.8) is 0 Å². The summed E-state index contributed by atoms with van der Waals surface area (Å²) in [4.78, 5) is 5.51. The molecule has 0 amide bonds. The first kappa shape index (κ1) is 11.8. The monoisotopic (exact) mass is 299 g/mol. The summed E-state index contributed by atoms with van der Waals surface area (Å²) in [5.74, 6) is 1.09. The molecule has 0 aliphatic heterocycles. The molecule has 0 spiro atoms. The molecule has 2 aromatic rings. The Hall–Kier alpha value is -0.650. The van der Waals surface area contributed by atoms with Crippen LogP contribution in [0, 0.1) is 0 Å². The fraction of sp³-hybridized carbons (Fsp3) is 0.364. The number of aryl methyl sites for hydroxylation is 2. The summed E-state index contributed by atoms with van der Waals surface area (Å²) >= 11 is 5.21. The topological polar surface area (TPSA) is 43.8 Å². The van der Waals surface area contributed by atoms with E-state index in [2.05, 4.69) is 26.3 Å². The molecule has 16 heavy (non-hydrogen) atoms. The van der Waals surface area contributed by atoms with Crippen LogP contribution in [-0.4, -0.2) is 9.55 Å². The van der Waals surface area contributed by atoms with Gasteiger partial charge in [0, 0.05) is 41.3 Å². The summed E-state index contributed by atoms with van der Waals surface area (Å²) in [6, 6.07) is 2.13. The van der Waals surface area contributed by atoms with Gasteiger partial charge in [-0.2, -0.15) is 0 Å². The quantitative estimate of drug-likeness (QED) is 0.943. The van der Waals surface area contributed by atoms with Crippen LogP contribution in [0.5, 0.6) is 0 Å². The highest BCUT2D eigenvalue weighted by molar-refractivity contribution is 9.10. The van der Waals surface area contributed by atoms with Gasteiger partial charge in [0.05, 0.1) is 0 Å². The number of hydrogen-bond acceptors (Lipinski definition) is 3. The second kappa shape index (κ2) is 5.12. The maximum absolute atomic E-state index is 6.15. The van der Waals surface area contributed by atoms with Gasteiger partial charge in [0.1, 0.15) is 5.82 Å². The van der Waals surface area contributed by atoms with E-state index in [1.165, 1.54) is 4.88 Å². The number of thiophene rings is 1. The van der Waals surface area contributed by atoms with E-state index >= 15 is 0 Å². The zero-order valence-corrected chi connectivity index (χ0v) is 11.5. The molecule has 0 saturated heterocycles. The van der Waals surface area contributed by atoms with Gasteiger partial charge in [-0.3, -0.25) is 0 Å². The molecule has 0 aromatic carbocycles. The summed E-state index contributed by atoms with van der Waals surface area (Å²) in [5, 5.41) is 2.06. The van der Waals surface area contributed by atoms with E-state index in [1.54, 1.807) is 11.3 Å². The average Bonchev–Trinajstić information content (AvgIpc) is 2.84. The second-order valence-electron chi connectivity index (χ2n) is 3.73. The number of nitrogens with two attached hydrogens (primary N) is 1. The lowest BCUT2D eigenvalue weighted by Crippen LogP contribution is -2.11. The zero-order chi connectivity index (χ0) is 11.5. The lowest BCUT2D eigenvalue weighted by atomic mass is 10.1. The molecule has 0 aliphatic rings. The Morgan fingerprint density at radius 3 is 3.00 bits per heavy atom. The summed E-state index contributed by atoms with van der Waals surface area (Å²) in [7, 11) is 2.01. The Morgan fingerprint density at radius 1 is 1.62 bits per heavy atom. The minimum absolute atomic E-state index is 0.0890. The first-order valence-corrected chi connectivity index (χ1v) is 6.80. The fourth-order valence-corrected chi connectivity index (χ4v) is 3.33. The van der Waals surface area contributed by atoms with Crippen LogP contribution in [0.3, 0.4) is 0 Å². The Bertz CT molecular complexity index is 463. The Balaban J connectivity index is 1.97.